The van der Waals surface area contributed by atoms with Crippen molar-refractivity contribution in [2.24, 2.45) is 0 Å². The van der Waals surface area contributed by atoms with Gasteiger partial charge in [-0.15, -0.1) is 0 Å². The number of rotatable bonds is 6. The summed E-state index contributed by atoms with van der Waals surface area (Å²) in [6.45, 7) is 7.40. The van der Waals surface area contributed by atoms with Gasteiger partial charge in [0.15, 0.2) is 0 Å². The zero-order chi connectivity index (χ0) is 18.8. The monoisotopic (exact) mass is 401 g/mol. The molecule has 0 aliphatic carbocycles. The predicted octanol–water partition coefficient (Wildman–Crippen LogP) is 4.94. The minimum atomic E-state index is -3.61. The van der Waals surface area contributed by atoms with Crippen LogP contribution >= 0.6 is 23.2 Å². The Labute approximate surface area is 159 Å². The summed E-state index contributed by atoms with van der Waals surface area (Å²) in [6, 6.07) is 8.05. The third-order valence-electron chi connectivity index (χ3n) is 3.54. The molecule has 25 heavy (non-hydrogen) atoms. The highest BCUT2D eigenvalue weighted by molar-refractivity contribution is 7.89. The van der Waals surface area contributed by atoms with Crippen LogP contribution in [0.15, 0.2) is 41.4 Å². The van der Waals surface area contributed by atoms with E-state index in [1.54, 1.807) is 24.3 Å². The van der Waals surface area contributed by atoms with Crippen LogP contribution in [-0.4, -0.2) is 29.8 Å². The molecule has 0 saturated carbocycles. The fourth-order valence-corrected chi connectivity index (χ4v) is 4.75. The highest BCUT2D eigenvalue weighted by Gasteiger charge is 2.29. The number of hydrogen-bond donors (Lipinski definition) is 1. The smallest absolute Gasteiger partial charge is 0.245 e. The van der Waals surface area contributed by atoms with Crippen LogP contribution in [0.25, 0.3) is 0 Å². The van der Waals surface area contributed by atoms with Crippen LogP contribution < -0.4 is 5.32 Å². The van der Waals surface area contributed by atoms with Crippen LogP contribution in [0.5, 0.6) is 0 Å². The maximum absolute atomic E-state index is 12.8. The molecular formula is C17H21Cl2N3O2S. The van der Waals surface area contributed by atoms with E-state index in [2.05, 4.69) is 10.3 Å². The minimum Gasteiger partial charge on any atom is -0.339 e. The third-order valence-corrected chi connectivity index (χ3v) is 6.60. The lowest BCUT2D eigenvalue weighted by molar-refractivity contribution is 0.302. The number of nitrogens with one attached hydrogen (secondary N) is 1. The van der Waals surface area contributed by atoms with Gasteiger partial charge in [-0.05, 0) is 52.0 Å². The summed E-state index contributed by atoms with van der Waals surface area (Å²) in [5, 5.41) is 3.84. The number of halogens is 2. The van der Waals surface area contributed by atoms with Gasteiger partial charge in [-0.25, -0.2) is 13.4 Å². The van der Waals surface area contributed by atoms with E-state index in [-0.39, 0.29) is 17.0 Å². The van der Waals surface area contributed by atoms with Gasteiger partial charge in [0, 0.05) is 18.3 Å². The first-order chi connectivity index (χ1) is 11.6. The summed E-state index contributed by atoms with van der Waals surface area (Å²) < 4.78 is 27.1. The Bertz CT molecular complexity index is 829. The van der Waals surface area contributed by atoms with Crippen LogP contribution in [0.3, 0.4) is 0 Å². The van der Waals surface area contributed by atoms with E-state index in [1.165, 1.54) is 16.6 Å². The van der Waals surface area contributed by atoms with Crippen LogP contribution in [0.2, 0.25) is 10.0 Å². The van der Waals surface area contributed by atoms with E-state index in [0.717, 1.165) is 0 Å². The molecule has 0 aliphatic heterocycles. The Balaban J connectivity index is 2.29. The normalized spacial score (nSPS) is 12.2. The van der Waals surface area contributed by atoms with Gasteiger partial charge in [-0.1, -0.05) is 29.3 Å². The van der Waals surface area contributed by atoms with Gasteiger partial charge in [0.25, 0.3) is 0 Å². The summed E-state index contributed by atoms with van der Waals surface area (Å²) in [6.07, 6.45) is 1.34. The maximum Gasteiger partial charge on any atom is 0.245 e. The van der Waals surface area contributed by atoms with Gasteiger partial charge in [0.1, 0.15) is 10.7 Å². The van der Waals surface area contributed by atoms with Crippen molar-refractivity contribution in [3.05, 3.63) is 46.6 Å². The van der Waals surface area contributed by atoms with E-state index < -0.39 is 10.0 Å². The molecule has 1 N–H and O–H groups in total. The van der Waals surface area contributed by atoms with Gasteiger partial charge < -0.3 is 5.32 Å². The number of hydrogen-bond acceptors (Lipinski definition) is 4. The second kappa shape index (κ2) is 7.91. The molecule has 0 unspecified atom stereocenters. The quantitative estimate of drug-likeness (QED) is 0.744. The highest BCUT2D eigenvalue weighted by Crippen LogP contribution is 2.31. The van der Waals surface area contributed by atoms with Crippen molar-refractivity contribution in [3.8, 4) is 0 Å². The van der Waals surface area contributed by atoms with Crippen molar-refractivity contribution < 1.29 is 8.42 Å². The Morgan fingerprint density at radius 3 is 2.20 bits per heavy atom. The summed E-state index contributed by atoms with van der Waals surface area (Å²) in [4.78, 5) is 4.34. The minimum absolute atomic E-state index is 0.145. The molecule has 5 nitrogen and oxygen atoms in total. The first-order valence-electron chi connectivity index (χ1n) is 7.85. The Hall–Kier alpha value is -1.34. The molecule has 1 heterocycles. The molecule has 0 atom stereocenters. The average Bonchev–Trinajstić information content (AvgIpc) is 2.51. The zero-order valence-electron chi connectivity index (χ0n) is 14.5. The molecule has 0 radical (unpaired) electrons. The topological polar surface area (TPSA) is 62.3 Å². The molecule has 0 saturated heterocycles. The van der Waals surface area contributed by atoms with Gasteiger partial charge in [-0.2, -0.15) is 4.31 Å². The van der Waals surface area contributed by atoms with Crippen LogP contribution in [0.4, 0.5) is 11.5 Å². The number of nitrogens with zero attached hydrogens (tertiary/aromatic N) is 2. The van der Waals surface area contributed by atoms with E-state index in [0.29, 0.717) is 21.6 Å². The van der Waals surface area contributed by atoms with Crippen molar-refractivity contribution in [1.82, 2.24) is 9.29 Å². The summed E-state index contributed by atoms with van der Waals surface area (Å²) >= 11 is 12.1. The standard InChI is InChI=1S/C17H21Cl2N3O2S/c1-11(2)22(12(3)4)25(23,24)13-8-9-16(20-10-13)21-15-7-5-6-14(18)17(15)19/h5-12H,1-4H3,(H,20,21). The van der Waals surface area contributed by atoms with Crippen LogP contribution in [0.1, 0.15) is 27.7 Å². The van der Waals surface area contributed by atoms with Crippen LogP contribution in [0, 0.1) is 0 Å². The zero-order valence-corrected chi connectivity index (χ0v) is 16.8. The molecule has 0 spiro atoms. The van der Waals surface area contributed by atoms with E-state index in [4.69, 9.17) is 23.2 Å². The Morgan fingerprint density at radius 1 is 1.04 bits per heavy atom. The average molecular weight is 402 g/mol. The van der Waals surface area contributed by atoms with Crippen LogP contribution in [-0.2, 0) is 10.0 Å². The summed E-state index contributed by atoms with van der Waals surface area (Å²) in [7, 11) is -3.61. The summed E-state index contributed by atoms with van der Waals surface area (Å²) in [5.74, 6) is 0.476. The lowest BCUT2D eigenvalue weighted by atomic mass is 10.3. The molecule has 0 fully saturated rings. The molecular weight excluding hydrogens is 381 g/mol. The first kappa shape index (κ1) is 20.0. The SMILES string of the molecule is CC(C)N(C(C)C)S(=O)(=O)c1ccc(Nc2cccc(Cl)c2Cl)nc1. The number of aromatic nitrogens is 1. The highest BCUT2D eigenvalue weighted by atomic mass is 35.5. The second-order valence-electron chi connectivity index (χ2n) is 6.13. The summed E-state index contributed by atoms with van der Waals surface area (Å²) in [5.41, 5.74) is 0.600. The van der Waals surface area contributed by atoms with Gasteiger partial charge in [-0.3, -0.25) is 0 Å². The van der Waals surface area contributed by atoms with Crippen molar-refractivity contribution in [3.63, 3.8) is 0 Å². The number of pyridine rings is 1. The fraction of sp³-hybridized carbons (Fsp3) is 0.353. The second-order valence-corrected chi connectivity index (χ2v) is 8.76. The molecule has 2 rings (SSSR count). The van der Waals surface area contributed by atoms with Crippen molar-refractivity contribution in [2.45, 2.75) is 44.7 Å². The third kappa shape index (κ3) is 4.44. The Kier molecular flexibility index (Phi) is 6.32. The number of benzene rings is 1. The molecule has 1 aromatic heterocycles. The number of sulfonamides is 1. The van der Waals surface area contributed by atoms with Gasteiger partial charge in [0.2, 0.25) is 10.0 Å². The molecule has 0 amide bonds. The lowest BCUT2D eigenvalue weighted by Crippen LogP contribution is -2.41. The van der Waals surface area contributed by atoms with Crippen molar-refractivity contribution in [2.75, 3.05) is 5.32 Å². The molecule has 2 aromatic rings. The molecule has 136 valence electrons. The predicted molar refractivity (Wildman–Crippen MR) is 103 cm³/mol. The van der Waals surface area contributed by atoms with Gasteiger partial charge in [0.05, 0.1) is 15.7 Å². The number of anilines is 2. The molecule has 1 aromatic carbocycles. The largest absolute Gasteiger partial charge is 0.339 e. The molecule has 0 aliphatic rings. The Morgan fingerprint density at radius 2 is 1.68 bits per heavy atom. The van der Waals surface area contributed by atoms with Crippen molar-refractivity contribution >= 4 is 44.7 Å². The fourth-order valence-electron chi connectivity index (χ4n) is 2.62. The lowest BCUT2D eigenvalue weighted by Gasteiger charge is -2.29. The first-order valence-corrected chi connectivity index (χ1v) is 10.0. The maximum atomic E-state index is 12.8. The van der Waals surface area contributed by atoms with E-state index >= 15 is 0 Å². The van der Waals surface area contributed by atoms with Gasteiger partial charge >= 0.3 is 0 Å². The van der Waals surface area contributed by atoms with Crippen molar-refractivity contribution in [1.29, 1.82) is 0 Å². The molecule has 0 bridgehead atoms. The van der Waals surface area contributed by atoms with E-state index in [1.807, 2.05) is 27.7 Å². The van der Waals surface area contributed by atoms with E-state index in [9.17, 15) is 8.42 Å². The molecule has 8 heteroatoms.